The Kier molecular flexibility index (Phi) is 4.07. The molecule has 1 aliphatic heterocycles. The van der Waals surface area contributed by atoms with E-state index < -0.39 is 0 Å². The van der Waals surface area contributed by atoms with Crippen molar-refractivity contribution >= 4 is 34.8 Å². The van der Waals surface area contributed by atoms with E-state index >= 15 is 0 Å². The Balaban J connectivity index is 2.43. The fourth-order valence-corrected chi connectivity index (χ4v) is 3.65. The van der Waals surface area contributed by atoms with Gasteiger partial charge in [-0.1, -0.05) is 12.2 Å². The molecule has 98 valence electrons. The quantitative estimate of drug-likeness (QED) is 0.851. The number of aromatic nitrogens is 2. The summed E-state index contributed by atoms with van der Waals surface area (Å²) in [4.78, 5) is 2.58. The molecule has 6 heteroatoms. The Morgan fingerprint density at radius 1 is 1.44 bits per heavy atom. The molecule has 1 atom stereocenters. The predicted octanol–water partition coefficient (Wildman–Crippen LogP) is 1.67. The van der Waals surface area contributed by atoms with Crippen molar-refractivity contribution in [3.63, 3.8) is 0 Å². The van der Waals surface area contributed by atoms with Crippen LogP contribution in [0.3, 0.4) is 0 Å². The van der Waals surface area contributed by atoms with Crippen LogP contribution >= 0.6 is 24.0 Å². The fourth-order valence-electron chi connectivity index (χ4n) is 2.14. The number of nitrogens with two attached hydrogens (primary N) is 1. The smallest absolute Gasteiger partial charge is 0.161 e. The second-order valence-corrected chi connectivity index (χ2v) is 6.19. The van der Waals surface area contributed by atoms with Gasteiger partial charge in [0.25, 0.3) is 0 Å². The van der Waals surface area contributed by atoms with E-state index in [4.69, 9.17) is 18.0 Å². The minimum Gasteiger partial charge on any atom is -0.389 e. The first-order valence-electron chi connectivity index (χ1n) is 5.96. The van der Waals surface area contributed by atoms with Gasteiger partial charge in [-0.2, -0.15) is 16.9 Å². The highest BCUT2D eigenvalue weighted by atomic mass is 32.2. The summed E-state index contributed by atoms with van der Waals surface area (Å²) >= 11 is 7.14. The van der Waals surface area contributed by atoms with Crippen molar-refractivity contribution in [3.8, 4) is 0 Å². The Morgan fingerprint density at radius 2 is 2.17 bits per heavy atom. The molecule has 4 nitrogen and oxygen atoms in total. The van der Waals surface area contributed by atoms with Crippen molar-refractivity contribution in [1.29, 1.82) is 0 Å². The fraction of sp³-hybridized carbons (Fsp3) is 0.583. The molecular weight excluding hydrogens is 264 g/mol. The zero-order valence-corrected chi connectivity index (χ0v) is 12.6. The number of aryl methyl sites for hydroxylation is 1. The monoisotopic (exact) mass is 282 g/mol. The molecule has 18 heavy (non-hydrogen) atoms. The number of rotatable bonds is 3. The summed E-state index contributed by atoms with van der Waals surface area (Å²) < 4.78 is 0. The van der Waals surface area contributed by atoms with E-state index in [-0.39, 0.29) is 0 Å². The molecule has 2 rings (SSSR count). The van der Waals surface area contributed by atoms with Crippen LogP contribution in [0.2, 0.25) is 0 Å². The molecule has 0 radical (unpaired) electrons. The highest BCUT2D eigenvalue weighted by molar-refractivity contribution is 7.99. The molecule has 0 aliphatic carbocycles. The number of hydrogen-bond acceptors (Lipinski definition) is 5. The maximum Gasteiger partial charge on any atom is 0.161 e. The molecule has 1 fully saturated rings. The molecule has 1 saturated heterocycles. The average molecular weight is 282 g/mol. The third kappa shape index (κ3) is 2.44. The van der Waals surface area contributed by atoms with Gasteiger partial charge in [0.2, 0.25) is 0 Å². The number of thiocarbonyl (C=S) groups is 1. The maximum atomic E-state index is 5.85. The van der Waals surface area contributed by atoms with Gasteiger partial charge in [0.1, 0.15) is 4.99 Å². The van der Waals surface area contributed by atoms with Gasteiger partial charge in [0, 0.05) is 18.8 Å². The van der Waals surface area contributed by atoms with Gasteiger partial charge in [0.05, 0.1) is 11.3 Å². The average Bonchev–Trinajstić information content (AvgIpc) is 2.84. The van der Waals surface area contributed by atoms with Gasteiger partial charge in [-0.05, 0) is 31.6 Å². The first-order valence-corrected chi connectivity index (χ1v) is 7.53. The Hall–Kier alpha value is -0.880. The Labute approximate surface area is 117 Å². The summed E-state index contributed by atoms with van der Waals surface area (Å²) in [5.74, 6) is 3.15. The first-order chi connectivity index (χ1) is 8.52. The lowest BCUT2D eigenvalue weighted by Crippen LogP contribution is -2.34. The minimum absolute atomic E-state index is 0.401. The summed E-state index contributed by atoms with van der Waals surface area (Å²) in [6, 6.07) is 0.500. The van der Waals surface area contributed by atoms with Crippen LogP contribution < -0.4 is 10.6 Å². The van der Waals surface area contributed by atoms with Crippen molar-refractivity contribution < 1.29 is 0 Å². The topological polar surface area (TPSA) is 55.0 Å². The van der Waals surface area contributed by atoms with Crippen LogP contribution in [0.4, 0.5) is 5.82 Å². The SMILES string of the molecule is Cc1nnc(N(C)C2CCSC2)c(C(N)=S)c1C. The van der Waals surface area contributed by atoms with Crippen LogP contribution in [-0.2, 0) is 0 Å². The second-order valence-electron chi connectivity index (χ2n) is 4.60. The van der Waals surface area contributed by atoms with Crippen LogP contribution in [-0.4, -0.2) is 39.8 Å². The first kappa shape index (κ1) is 13.5. The summed E-state index contributed by atoms with van der Waals surface area (Å²) in [5, 5.41) is 8.50. The van der Waals surface area contributed by atoms with Gasteiger partial charge in [0.15, 0.2) is 5.82 Å². The summed E-state index contributed by atoms with van der Waals surface area (Å²) in [7, 11) is 2.05. The molecule has 0 bridgehead atoms. The van der Waals surface area contributed by atoms with Crippen molar-refractivity contribution in [1.82, 2.24) is 10.2 Å². The van der Waals surface area contributed by atoms with Crippen molar-refractivity contribution in [2.24, 2.45) is 5.73 Å². The molecule has 0 amide bonds. The molecule has 1 aromatic heterocycles. The van der Waals surface area contributed by atoms with E-state index in [1.165, 1.54) is 12.2 Å². The number of nitrogens with zero attached hydrogens (tertiary/aromatic N) is 3. The number of anilines is 1. The van der Waals surface area contributed by atoms with Gasteiger partial charge >= 0.3 is 0 Å². The normalized spacial score (nSPS) is 18.9. The molecule has 1 unspecified atom stereocenters. The molecule has 0 spiro atoms. The van der Waals surface area contributed by atoms with E-state index in [1.54, 1.807) is 0 Å². The van der Waals surface area contributed by atoms with Gasteiger partial charge < -0.3 is 10.6 Å². The Bertz CT molecular complexity index is 469. The van der Waals surface area contributed by atoms with Crippen molar-refractivity contribution in [2.45, 2.75) is 26.3 Å². The third-order valence-electron chi connectivity index (χ3n) is 3.47. The summed E-state index contributed by atoms with van der Waals surface area (Å²) in [6.07, 6.45) is 1.17. The third-order valence-corrected chi connectivity index (χ3v) is 4.82. The lowest BCUT2D eigenvalue weighted by atomic mass is 10.1. The van der Waals surface area contributed by atoms with Gasteiger partial charge in [-0.3, -0.25) is 0 Å². The predicted molar refractivity (Wildman–Crippen MR) is 81.5 cm³/mol. The molecule has 1 aliphatic rings. The molecule has 2 heterocycles. The molecule has 0 saturated carbocycles. The zero-order chi connectivity index (χ0) is 13.3. The second kappa shape index (κ2) is 5.40. The number of thioether (sulfide) groups is 1. The Morgan fingerprint density at radius 3 is 2.72 bits per heavy atom. The maximum absolute atomic E-state index is 5.85. The summed E-state index contributed by atoms with van der Waals surface area (Å²) in [5.41, 5.74) is 8.64. The van der Waals surface area contributed by atoms with Gasteiger partial charge in [-0.15, -0.1) is 5.10 Å². The van der Waals surface area contributed by atoms with Gasteiger partial charge in [-0.25, -0.2) is 0 Å². The molecular formula is C12H18N4S2. The molecule has 1 aromatic rings. The zero-order valence-electron chi connectivity index (χ0n) is 10.9. The largest absolute Gasteiger partial charge is 0.389 e. The van der Waals surface area contributed by atoms with Crippen LogP contribution in [0.5, 0.6) is 0 Å². The standard InChI is InChI=1S/C12H18N4S2/c1-7-8(2)14-15-12(10(7)11(13)17)16(3)9-4-5-18-6-9/h9H,4-6H2,1-3H3,(H2,13,17). The van der Waals surface area contributed by atoms with E-state index in [2.05, 4.69) is 22.1 Å². The highest BCUT2D eigenvalue weighted by Gasteiger charge is 2.25. The van der Waals surface area contributed by atoms with E-state index in [9.17, 15) is 0 Å². The van der Waals surface area contributed by atoms with Crippen LogP contribution in [0, 0.1) is 13.8 Å². The lowest BCUT2D eigenvalue weighted by molar-refractivity contribution is 0.683. The summed E-state index contributed by atoms with van der Waals surface area (Å²) in [6.45, 7) is 3.93. The van der Waals surface area contributed by atoms with Crippen LogP contribution in [0.1, 0.15) is 23.2 Å². The molecule has 2 N–H and O–H groups in total. The van der Waals surface area contributed by atoms with E-state index in [0.29, 0.717) is 11.0 Å². The lowest BCUT2D eigenvalue weighted by Gasteiger charge is -2.27. The molecule has 0 aromatic carbocycles. The van der Waals surface area contributed by atoms with Crippen LogP contribution in [0.15, 0.2) is 0 Å². The van der Waals surface area contributed by atoms with Crippen molar-refractivity contribution in [3.05, 3.63) is 16.8 Å². The van der Waals surface area contributed by atoms with Crippen molar-refractivity contribution in [2.75, 3.05) is 23.5 Å². The van der Waals surface area contributed by atoms with E-state index in [1.807, 2.05) is 25.6 Å². The highest BCUT2D eigenvalue weighted by Crippen LogP contribution is 2.28. The minimum atomic E-state index is 0.401. The van der Waals surface area contributed by atoms with Crippen LogP contribution in [0.25, 0.3) is 0 Å². The van der Waals surface area contributed by atoms with E-state index in [0.717, 1.165) is 28.4 Å². The number of hydrogen-bond donors (Lipinski definition) is 1.